The molecule has 0 aliphatic heterocycles. The molecule has 2 N–H and O–H groups in total. The number of hydrogen-bond acceptors (Lipinski definition) is 3. The highest BCUT2D eigenvalue weighted by atomic mass is 16.3. The zero-order valence-electron chi connectivity index (χ0n) is 25.0. The summed E-state index contributed by atoms with van der Waals surface area (Å²) in [5, 5.41) is 2.21. The van der Waals surface area contributed by atoms with Gasteiger partial charge in [0.1, 0.15) is 11.2 Å². The van der Waals surface area contributed by atoms with Gasteiger partial charge in [-0.25, -0.2) is 0 Å². The highest BCUT2D eigenvalue weighted by molar-refractivity contribution is 6.13. The van der Waals surface area contributed by atoms with E-state index in [0.717, 1.165) is 50.9 Å². The third kappa shape index (κ3) is 6.79. The lowest BCUT2D eigenvalue weighted by molar-refractivity contribution is 0.669. The third-order valence-corrected chi connectivity index (χ3v) is 7.77. The first-order valence-corrected chi connectivity index (χ1v) is 15.1. The lowest BCUT2D eigenvalue weighted by Gasteiger charge is -2.07. The predicted molar refractivity (Wildman–Crippen MR) is 188 cm³/mol. The first-order chi connectivity index (χ1) is 21.7. The topological polar surface area (TPSA) is 51.5 Å². The summed E-state index contributed by atoms with van der Waals surface area (Å²) >= 11 is 0. The fraction of sp³-hybridized carbons (Fsp3) is 0.0976. The van der Waals surface area contributed by atoms with Crippen LogP contribution in [-0.2, 0) is 0 Å². The minimum Gasteiger partial charge on any atom is -0.456 e. The van der Waals surface area contributed by atoms with E-state index in [9.17, 15) is 0 Å². The van der Waals surface area contributed by atoms with Gasteiger partial charge in [-0.2, -0.15) is 0 Å². The second-order valence-electron chi connectivity index (χ2n) is 10.8. The number of furan rings is 1. The molecule has 1 heterocycles. The van der Waals surface area contributed by atoms with Gasteiger partial charge >= 0.3 is 0 Å². The van der Waals surface area contributed by atoms with Crippen molar-refractivity contribution in [2.45, 2.75) is 19.8 Å². The lowest BCUT2D eigenvalue weighted by atomic mass is 9.98. The molecule has 0 fully saturated rings. The number of allylic oxidation sites excluding steroid dienone is 9. The minimum atomic E-state index is 0.575. The smallest absolute Gasteiger partial charge is 0.136 e. The van der Waals surface area contributed by atoms with Crippen LogP contribution in [0, 0.1) is 0 Å². The van der Waals surface area contributed by atoms with E-state index in [0.29, 0.717) is 13.0 Å². The van der Waals surface area contributed by atoms with E-state index in [-0.39, 0.29) is 0 Å². The van der Waals surface area contributed by atoms with Gasteiger partial charge in [0, 0.05) is 28.5 Å². The molecule has 0 bridgehead atoms. The van der Waals surface area contributed by atoms with E-state index in [2.05, 4.69) is 128 Å². The average Bonchev–Trinajstić information content (AvgIpc) is 3.23. The molecule has 5 aromatic rings. The first kappa shape index (κ1) is 28.7. The van der Waals surface area contributed by atoms with E-state index < -0.39 is 0 Å². The maximum absolute atomic E-state index is 6.63. The number of nitrogens with two attached hydrogens (primary N) is 1. The van der Waals surface area contributed by atoms with Crippen LogP contribution >= 0.6 is 0 Å². The summed E-state index contributed by atoms with van der Waals surface area (Å²) in [6.07, 6.45) is 20.5. The van der Waals surface area contributed by atoms with Gasteiger partial charge in [0.15, 0.2) is 0 Å². The maximum atomic E-state index is 6.63. The normalized spacial score (nSPS) is 14.5. The number of nitrogens with zero attached hydrogens (tertiary/aromatic N) is 1. The summed E-state index contributed by atoms with van der Waals surface area (Å²) < 4.78 is 6.19. The van der Waals surface area contributed by atoms with Gasteiger partial charge < -0.3 is 10.2 Å². The Kier molecular flexibility index (Phi) is 8.94. The molecule has 216 valence electrons. The molecule has 0 saturated carbocycles. The SMILES string of the molecule is C/C=C(\C=C/C/C(N)=C/C(=NCC1=CCC=CC=C1)c1ccc2c(c1)oc1ccccc12)c1cccc(-c2ccccc2)c1. The van der Waals surface area contributed by atoms with E-state index >= 15 is 0 Å². The number of rotatable bonds is 9. The Morgan fingerprint density at radius 3 is 2.52 bits per heavy atom. The van der Waals surface area contributed by atoms with Crippen LogP contribution in [0.1, 0.15) is 30.9 Å². The van der Waals surface area contributed by atoms with Crippen molar-refractivity contribution < 1.29 is 4.42 Å². The predicted octanol–water partition coefficient (Wildman–Crippen LogP) is 10.4. The molecule has 1 aliphatic rings. The summed E-state index contributed by atoms with van der Waals surface area (Å²) in [6.45, 7) is 2.64. The largest absolute Gasteiger partial charge is 0.456 e. The van der Waals surface area contributed by atoms with E-state index in [1.165, 1.54) is 22.3 Å². The molecule has 3 heteroatoms. The average molecular weight is 573 g/mol. The molecular formula is C41H36N2O. The summed E-state index contributed by atoms with van der Waals surface area (Å²) in [7, 11) is 0. The van der Waals surface area contributed by atoms with Crippen molar-refractivity contribution in [1.82, 2.24) is 0 Å². The molecular weight excluding hydrogens is 536 g/mol. The monoisotopic (exact) mass is 572 g/mol. The third-order valence-electron chi connectivity index (χ3n) is 7.77. The zero-order chi connectivity index (χ0) is 30.1. The van der Waals surface area contributed by atoms with Crippen molar-refractivity contribution in [2.24, 2.45) is 10.7 Å². The number of benzene rings is 4. The van der Waals surface area contributed by atoms with Crippen LogP contribution in [0.4, 0.5) is 0 Å². The fourth-order valence-corrected chi connectivity index (χ4v) is 5.45. The Morgan fingerprint density at radius 2 is 1.64 bits per heavy atom. The Labute approximate surface area is 259 Å². The van der Waals surface area contributed by atoms with E-state index in [1.54, 1.807) is 0 Å². The molecule has 0 spiro atoms. The number of para-hydroxylation sites is 1. The highest BCUT2D eigenvalue weighted by Crippen LogP contribution is 2.30. The van der Waals surface area contributed by atoms with Crippen LogP contribution in [0.25, 0.3) is 38.6 Å². The van der Waals surface area contributed by atoms with Crippen LogP contribution in [0.3, 0.4) is 0 Å². The van der Waals surface area contributed by atoms with Gasteiger partial charge in [-0.05, 0) is 71.5 Å². The van der Waals surface area contributed by atoms with E-state index in [1.807, 2.05) is 30.3 Å². The lowest BCUT2D eigenvalue weighted by Crippen LogP contribution is -2.05. The second-order valence-corrected chi connectivity index (χ2v) is 10.8. The van der Waals surface area contributed by atoms with Crippen LogP contribution in [0.2, 0.25) is 0 Å². The minimum absolute atomic E-state index is 0.575. The molecule has 0 saturated heterocycles. The molecule has 1 aromatic heterocycles. The van der Waals surface area contributed by atoms with Gasteiger partial charge in [-0.1, -0.05) is 121 Å². The fourth-order valence-electron chi connectivity index (χ4n) is 5.45. The number of aliphatic imine (C=N–C) groups is 1. The summed E-state index contributed by atoms with van der Waals surface area (Å²) in [5.74, 6) is 0. The van der Waals surface area contributed by atoms with Crippen molar-refractivity contribution in [3.63, 3.8) is 0 Å². The van der Waals surface area contributed by atoms with Gasteiger partial charge in [0.05, 0.1) is 12.3 Å². The molecule has 0 unspecified atom stereocenters. The van der Waals surface area contributed by atoms with Crippen LogP contribution < -0.4 is 5.73 Å². The first-order valence-electron chi connectivity index (χ1n) is 15.1. The van der Waals surface area contributed by atoms with Crippen LogP contribution in [-0.4, -0.2) is 12.3 Å². The summed E-state index contributed by atoms with van der Waals surface area (Å²) in [5.41, 5.74) is 16.8. The summed E-state index contributed by atoms with van der Waals surface area (Å²) in [6, 6.07) is 33.5. The molecule has 3 nitrogen and oxygen atoms in total. The maximum Gasteiger partial charge on any atom is 0.136 e. The van der Waals surface area contributed by atoms with Crippen molar-refractivity contribution in [3.8, 4) is 11.1 Å². The molecule has 0 atom stereocenters. The van der Waals surface area contributed by atoms with Crippen molar-refractivity contribution in [2.75, 3.05) is 6.54 Å². The zero-order valence-corrected chi connectivity index (χ0v) is 25.0. The number of hydrogen-bond donors (Lipinski definition) is 1. The molecule has 0 radical (unpaired) electrons. The molecule has 1 aliphatic carbocycles. The Bertz CT molecular complexity index is 1990. The van der Waals surface area contributed by atoms with Gasteiger partial charge in [0.2, 0.25) is 0 Å². The quantitative estimate of drug-likeness (QED) is 0.141. The Balaban J connectivity index is 1.25. The molecule has 4 aromatic carbocycles. The van der Waals surface area contributed by atoms with E-state index in [4.69, 9.17) is 15.1 Å². The van der Waals surface area contributed by atoms with Crippen LogP contribution in [0.15, 0.2) is 172 Å². The summed E-state index contributed by atoms with van der Waals surface area (Å²) in [4.78, 5) is 5.04. The van der Waals surface area contributed by atoms with Crippen molar-refractivity contribution in [1.29, 1.82) is 0 Å². The Morgan fingerprint density at radius 1 is 0.818 bits per heavy atom. The van der Waals surface area contributed by atoms with Gasteiger partial charge in [-0.15, -0.1) is 0 Å². The molecule has 6 rings (SSSR count). The molecule has 44 heavy (non-hydrogen) atoms. The second kappa shape index (κ2) is 13.7. The standard InChI is InChI=1S/C41H36N2O/c1-2-31(33-19-12-20-34(26-33)32-16-8-5-9-17-32)18-13-21-36(42)28-39(43-29-30-14-6-3-4-7-15-30)35-24-25-38-37-22-10-11-23-40(37)44-41(38)27-35/h2-6,8-20,22-28H,7,21,29,42H2,1H3/b18-13-,31-2+,36-28-,43-39?. The Hall–Kier alpha value is -5.41. The van der Waals surface area contributed by atoms with Gasteiger partial charge in [0.25, 0.3) is 0 Å². The highest BCUT2D eigenvalue weighted by Gasteiger charge is 2.10. The molecule has 0 amide bonds. The van der Waals surface area contributed by atoms with Crippen molar-refractivity contribution >= 4 is 33.2 Å². The number of fused-ring (bicyclic) bond motifs is 3. The van der Waals surface area contributed by atoms with Gasteiger partial charge in [-0.3, -0.25) is 4.99 Å². The van der Waals surface area contributed by atoms with Crippen LogP contribution in [0.5, 0.6) is 0 Å². The van der Waals surface area contributed by atoms with Crippen molar-refractivity contribution in [3.05, 3.63) is 174 Å².